The molecule has 0 aromatic rings. The summed E-state index contributed by atoms with van der Waals surface area (Å²) in [5.41, 5.74) is -0.666. The minimum absolute atomic E-state index is 0.138. The van der Waals surface area contributed by atoms with Gasteiger partial charge in [-0.05, 0) is 33.6 Å². The summed E-state index contributed by atoms with van der Waals surface area (Å²) in [5, 5.41) is 5.15. The van der Waals surface area contributed by atoms with Gasteiger partial charge in [-0.2, -0.15) is 0 Å². The zero-order chi connectivity index (χ0) is 15.3. The molecule has 1 fully saturated rings. The quantitative estimate of drug-likeness (QED) is 0.746. The fourth-order valence-corrected chi connectivity index (χ4v) is 1.97. The van der Waals surface area contributed by atoms with Crippen LogP contribution in [0.5, 0.6) is 0 Å². The molecular weight excluding hydrogens is 264 g/mol. The first-order valence-electron chi connectivity index (χ1n) is 6.59. The Balaban J connectivity index is 2.72. The van der Waals surface area contributed by atoms with Crippen molar-refractivity contribution >= 4 is 18.0 Å². The Kier molecular flexibility index (Phi) is 5.35. The summed E-state index contributed by atoms with van der Waals surface area (Å²) in [6.07, 6.45) is 0.978. The number of alkyl carbamates (subject to hydrolysis) is 1. The third-order valence-electron chi connectivity index (χ3n) is 2.80. The van der Waals surface area contributed by atoms with Gasteiger partial charge in [0, 0.05) is 6.42 Å². The Morgan fingerprint density at radius 1 is 1.40 bits per heavy atom. The van der Waals surface area contributed by atoms with Gasteiger partial charge in [0.1, 0.15) is 11.6 Å². The van der Waals surface area contributed by atoms with Crippen LogP contribution in [-0.4, -0.2) is 42.8 Å². The van der Waals surface area contributed by atoms with Crippen LogP contribution in [0.2, 0.25) is 0 Å². The van der Waals surface area contributed by atoms with Crippen LogP contribution in [0.3, 0.4) is 0 Å². The summed E-state index contributed by atoms with van der Waals surface area (Å²) in [5.74, 6) is -0.746. The number of hydrogen-bond acceptors (Lipinski definition) is 5. The molecule has 1 rings (SSSR count). The standard InChI is InChI=1S/C13H22N2O5/c1-13(2,3)20-12(18)15-10(11(17)19-4)8-6-5-7-9(16)14-8/h8,10H,5-7H2,1-4H3,(H,14,16)(H,15,18)/t8-,10-/m1/s1. The highest BCUT2D eigenvalue weighted by Crippen LogP contribution is 2.14. The van der Waals surface area contributed by atoms with E-state index < -0.39 is 29.7 Å². The van der Waals surface area contributed by atoms with E-state index in [9.17, 15) is 14.4 Å². The van der Waals surface area contributed by atoms with Crippen molar-refractivity contribution in [2.45, 2.75) is 57.7 Å². The lowest BCUT2D eigenvalue weighted by Crippen LogP contribution is -2.57. The number of nitrogens with one attached hydrogen (secondary N) is 2. The maximum atomic E-state index is 11.8. The van der Waals surface area contributed by atoms with Gasteiger partial charge in [0.2, 0.25) is 5.91 Å². The second-order valence-corrected chi connectivity index (χ2v) is 5.71. The topological polar surface area (TPSA) is 93.7 Å². The molecule has 0 unspecified atom stereocenters. The Morgan fingerprint density at radius 2 is 2.05 bits per heavy atom. The molecule has 0 radical (unpaired) electrons. The van der Waals surface area contributed by atoms with Crippen LogP contribution in [0, 0.1) is 0 Å². The van der Waals surface area contributed by atoms with Gasteiger partial charge in [-0.3, -0.25) is 4.79 Å². The Hall–Kier alpha value is -1.79. The summed E-state index contributed by atoms with van der Waals surface area (Å²) >= 11 is 0. The van der Waals surface area contributed by atoms with E-state index in [1.807, 2.05) is 0 Å². The molecule has 7 heteroatoms. The average Bonchev–Trinajstić information content (AvgIpc) is 2.33. The molecule has 0 bridgehead atoms. The van der Waals surface area contributed by atoms with E-state index in [1.165, 1.54) is 7.11 Å². The number of hydrogen-bond donors (Lipinski definition) is 2. The zero-order valence-corrected chi connectivity index (χ0v) is 12.3. The van der Waals surface area contributed by atoms with Crippen molar-refractivity contribution in [1.29, 1.82) is 0 Å². The van der Waals surface area contributed by atoms with Gasteiger partial charge in [0.25, 0.3) is 0 Å². The normalized spacial score (nSPS) is 20.6. The van der Waals surface area contributed by atoms with Crippen LogP contribution < -0.4 is 10.6 Å². The molecule has 1 heterocycles. The molecule has 0 aliphatic carbocycles. The second kappa shape index (κ2) is 6.58. The molecule has 114 valence electrons. The second-order valence-electron chi connectivity index (χ2n) is 5.71. The first-order valence-corrected chi connectivity index (χ1v) is 6.59. The lowest BCUT2D eigenvalue weighted by atomic mass is 9.97. The molecule has 0 aromatic carbocycles. The minimum Gasteiger partial charge on any atom is -0.467 e. The number of carbonyl (C=O) groups is 3. The molecule has 2 atom stereocenters. The Bertz CT molecular complexity index is 389. The monoisotopic (exact) mass is 286 g/mol. The maximum Gasteiger partial charge on any atom is 0.408 e. The summed E-state index contributed by atoms with van der Waals surface area (Å²) in [6.45, 7) is 5.17. The first-order chi connectivity index (χ1) is 9.23. The first kappa shape index (κ1) is 16.3. The van der Waals surface area contributed by atoms with E-state index in [2.05, 4.69) is 15.4 Å². The lowest BCUT2D eigenvalue weighted by molar-refractivity contribution is -0.144. The fourth-order valence-electron chi connectivity index (χ4n) is 1.97. The third-order valence-corrected chi connectivity index (χ3v) is 2.80. The molecule has 1 saturated heterocycles. The highest BCUT2D eigenvalue weighted by molar-refractivity contribution is 5.84. The van der Waals surface area contributed by atoms with Gasteiger partial charge >= 0.3 is 12.1 Å². The van der Waals surface area contributed by atoms with Crippen LogP contribution in [0.4, 0.5) is 4.79 Å². The van der Waals surface area contributed by atoms with Crippen LogP contribution in [0.15, 0.2) is 0 Å². The van der Waals surface area contributed by atoms with E-state index in [-0.39, 0.29) is 5.91 Å². The van der Waals surface area contributed by atoms with Gasteiger partial charge in [-0.1, -0.05) is 0 Å². The predicted molar refractivity (Wildman–Crippen MR) is 71.0 cm³/mol. The molecule has 1 aliphatic heterocycles. The molecule has 0 saturated carbocycles. The van der Waals surface area contributed by atoms with Crippen LogP contribution in [0.1, 0.15) is 40.0 Å². The van der Waals surface area contributed by atoms with Crippen LogP contribution >= 0.6 is 0 Å². The zero-order valence-electron chi connectivity index (χ0n) is 12.3. The molecule has 0 spiro atoms. The van der Waals surface area contributed by atoms with Crippen molar-refractivity contribution in [1.82, 2.24) is 10.6 Å². The molecule has 0 aromatic heterocycles. The molecule has 20 heavy (non-hydrogen) atoms. The number of rotatable bonds is 3. The summed E-state index contributed by atoms with van der Waals surface area (Å²) in [7, 11) is 1.23. The SMILES string of the molecule is COC(=O)[C@H](NC(=O)OC(C)(C)C)[C@H]1CCCC(=O)N1. The number of piperidine rings is 1. The van der Waals surface area contributed by atoms with Crippen LogP contribution in [0.25, 0.3) is 0 Å². The molecule has 2 N–H and O–H groups in total. The fraction of sp³-hybridized carbons (Fsp3) is 0.769. The molecular formula is C13H22N2O5. The van der Waals surface area contributed by atoms with E-state index in [1.54, 1.807) is 20.8 Å². The average molecular weight is 286 g/mol. The summed E-state index contributed by atoms with van der Waals surface area (Å²) < 4.78 is 9.78. The maximum absolute atomic E-state index is 11.8. The van der Waals surface area contributed by atoms with Crippen molar-refractivity contribution in [3.8, 4) is 0 Å². The van der Waals surface area contributed by atoms with E-state index in [0.29, 0.717) is 19.3 Å². The predicted octanol–water partition coefficient (Wildman–Crippen LogP) is 0.721. The van der Waals surface area contributed by atoms with Gasteiger partial charge in [-0.25, -0.2) is 9.59 Å². The molecule has 7 nitrogen and oxygen atoms in total. The third kappa shape index (κ3) is 5.07. The number of amides is 2. The lowest BCUT2D eigenvalue weighted by Gasteiger charge is -2.30. The van der Waals surface area contributed by atoms with Gasteiger partial charge in [0.05, 0.1) is 13.2 Å². The number of ether oxygens (including phenoxy) is 2. The van der Waals surface area contributed by atoms with Gasteiger partial charge in [-0.15, -0.1) is 0 Å². The largest absolute Gasteiger partial charge is 0.467 e. The van der Waals surface area contributed by atoms with Gasteiger partial charge in [0.15, 0.2) is 0 Å². The van der Waals surface area contributed by atoms with E-state index in [4.69, 9.17) is 4.74 Å². The smallest absolute Gasteiger partial charge is 0.408 e. The summed E-state index contributed by atoms with van der Waals surface area (Å²) in [6, 6.07) is -1.42. The number of methoxy groups -OCH3 is 1. The highest BCUT2D eigenvalue weighted by Gasteiger charge is 2.34. The van der Waals surface area contributed by atoms with E-state index in [0.717, 1.165) is 0 Å². The van der Waals surface area contributed by atoms with Crippen molar-refractivity contribution < 1.29 is 23.9 Å². The van der Waals surface area contributed by atoms with Crippen LogP contribution in [-0.2, 0) is 19.1 Å². The van der Waals surface area contributed by atoms with Crippen molar-refractivity contribution in [3.63, 3.8) is 0 Å². The molecule has 1 aliphatic rings. The molecule has 2 amide bonds. The van der Waals surface area contributed by atoms with Crippen molar-refractivity contribution in [3.05, 3.63) is 0 Å². The highest BCUT2D eigenvalue weighted by atomic mass is 16.6. The number of esters is 1. The van der Waals surface area contributed by atoms with Gasteiger partial charge < -0.3 is 20.1 Å². The van der Waals surface area contributed by atoms with Crippen molar-refractivity contribution in [2.75, 3.05) is 7.11 Å². The Labute approximate surface area is 118 Å². The Morgan fingerprint density at radius 3 is 2.55 bits per heavy atom. The van der Waals surface area contributed by atoms with E-state index >= 15 is 0 Å². The summed E-state index contributed by atoms with van der Waals surface area (Å²) in [4.78, 5) is 34.9. The number of carbonyl (C=O) groups excluding carboxylic acids is 3. The minimum atomic E-state index is -0.945. The van der Waals surface area contributed by atoms with Crippen molar-refractivity contribution in [2.24, 2.45) is 0 Å².